The minimum atomic E-state index is 0.232. The first-order valence-corrected chi connectivity index (χ1v) is 7.22. The molecular weight excluding hydrogens is 212 g/mol. The van der Waals surface area contributed by atoms with Crippen LogP contribution in [0.15, 0.2) is 0 Å². The molecule has 2 fully saturated rings. The second-order valence-electron chi connectivity index (χ2n) is 5.65. The molecule has 1 saturated heterocycles. The lowest BCUT2D eigenvalue weighted by Crippen LogP contribution is -2.48. The maximum Gasteiger partial charge on any atom is 0.219 e. The number of carbonyl (C=O) groups is 1. The van der Waals surface area contributed by atoms with E-state index in [1.54, 1.807) is 6.92 Å². The van der Waals surface area contributed by atoms with Gasteiger partial charge in [-0.3, -0.25) is 4.79 Å². The summed E-state index contributed by atoms with van der Waals surface area (Å²) >= 11 is 0. The summed E-state index contributed by atoms with van der Waals surface area (Å²) in [5, 5.41) is 3.84. The third-order valence-electron chi connectivity index (χ3n) is 4.57. The van der Waals surface area contributed by atoms with Crippen molar-refractivity contribution in [3.05, 3.63) is 0 Å². The largest absolute Gasteiger partial charge is 0.343 e. The number of nitrogens with zero attached hydrogens (tertiary/aromatic N) is 1. The van der Waals surface area contributed by atoms with Crippen LogP contribution in [0, 0.1) is 5.92 Å². The van der Waals surface area contributed by atoms with Crippen LogP contribution in [0.1, 0.15) is 52.4 Å². The summed E-state index contributed by atoms with van der Waals surface area (Å²) in [5.74, 6) is 1.12. The van der Waals surface area contributed by atoms with Crippen LogP contribution in [-0.2, 0) is 4.79 Å². The molecule has 0 spiro atoms. The fraction of sp³-hybridized carbons (Fsp3) is 0.929. The number of nitrogens with one attached hydrogen (secondary N) is 1. The summed E-state index contributed by atoms with van der Waals surface area (Å²) in [6, 6.07) is 1.39. The zero-order chi connectivity index (χ0) is 12.3. The van der Waals surface area contributed by atoms with Crippen LogP contribution < -0.4 is 5.32 Å². The quantitative estimate of drug-likeness (QED) is 0.817. The summed E-state index contributed by atoms with van der Waals surface area (Å²) in [6.45, 7) is 5.87. The Bertz CT molecular complexity index is 259. The van der Waals surface area contributed by atoms with Crippen LogP contribution in [0.2, 0.25) is 0 Å². The normalized spacial score (nSPS) is 30.8. The van der Waals surface area contributed by atoms with Gasteiger partial charge in [-0.15, -0.1) is 0 Å². The molecule has 0 aromatic rings. The van der Waals surface area contributed by atoms with E-state index in [1.807, 2.05) is 4.90 Å². The molecule has 0 aromatic carbocycles. The Balaban J connectivity index is 1.76. The molecule has 0 aromatic heterocycles. The number of piperidine rings is 1. The molecule has 2 rings (SSSR count). The molecule has 0 bridgehead atoms. The number of hydrogen-bond donors (Lipinski definition) is 1. The van der Waals surface area contributed by atoms with Gasteiger partial charge in [0.05, 0.1) is 0 Å². The second kappa shape index (κ2) is 5.85. The predicted octanol–water partition coefficient (Wildman–Crippen LogP) is 2.17. The van der Waals surface area contributed by atoms with Crippen molar-refractivity contribution in [2.24, 2.45) is 5.92 Å². The first-order valence-electron chi connectivity index (χ1n) is 7.22. The van der Waals surface area contributed by atoms with E-state index in [2.05, 4.69) is 12.2 Å². The topological polar surface area (TPSA) is 32.3 Å². The maximum atomic E-state index is 11.3. The van der Waals surface area contributed by atoms with Gasteiger partial charge in [0.25, 0.3) is 0 Å². The Kier molecular flexibility index (Phi) is 4.43. The molecule has 3 nitrogen and oxygen atoms in total. The van der Waals surface area contributed by atoms with Gasteiger partial charge in [0, 0.05) is 32.1 Å². The molecule has 1 saturated carbocycles. The zero-order valence-corrected chi connectivity index (χ0v) is 11.2. The molecule has 2 aliphatic rings. The molecular formula is C14H26N2O. The summed E-state index contributed by atoms with van der Waals surface area (Å²) < 4.78 is 0. The lowest BCUT2D eigenvalue weighted by molar-refractivity contribution is -0.129. The van der Waals surface area contributed by atoms with Crippen molar-refractivity contribution in [2.45, 2.75) is 64.5 Å². The van der Waals surface area contributed by atoms with Crippen LogP contribution >= 0.6 is 0 Å². The van der Waals surface area contributed by atoms with Gasteiger partial charge in [-0.1, -0.05) is 19.8 Å². The Morgan fingerprint density at radius 1 is 1.24 bits per heavy atom. The van der Waals surface area contributed by atoms with E-state index < -0.39 is 0 Å². The maximum absolute atomic E-state index is 11.3. The van der Waals surface area contributed by atoms with Gasteiger partial charge >= 0.3 is 0 Å². The lowest BCUT2D eigenvalue weighted by atomic mass is 9.97. The van der Waals surface area contributed by atoms with Crippen molar-refractivity contribution in [1.29, 1.82) is 0 Å². The molecule has 1 amide bonds. The Hall–Kier alpha value is -0.570. The predicted molar refractivity (Wildman–Crippen MR) is 69.8 cm³/mol. The summed E-state index contributed by atoms with van der Waals surface area (Å²) in [7, 11) is 0. The molecule has 1 N–H and O–H groups in total. The lowest BCUT2D eigenvalue weighted by Gasteiger charge is -2.34. The van der Waals surface area contributed by atoms with E-state index in [0.717, 1.165) is 37.9 Å². The fourth-order valence-corrected chi connectivity index (χ4v) is 3.41. The fourth-order valence-electron chi connectivity index (χ4n) is 3.41. The summed E-state index contributed by atoms with van der Waals surface area (Å²) in [6.07, 6.45) is 7.72. The molecule has 1 aliphatic carbocycles. The van der Waals surface area contributed by atoms with Gasteiger partial charge in [-0.2, -0.15) is 0 Å². The van der Waals surface area contributed by atoms with Gasteiger partial charge in [0.15, 0.2) is 0 Å². The molecule has 98 valence electrons. The average molecular weight is 238 g/mol. The van der Waals surface area contributed by atoms with E-state index in [4.69, 9.17) is 0 Å². The Morgan fingerprint density at radius 3 is 2.53 bits per heavy atom. The highest BCUT2D eigenvalue weighted by atomic mass is 16.2. The van der Waals surface area contributed by atoms with E-state index in [0.29, 0.717) is 6.04 Å². The van der Waals surface area contributed by atoms with Crippen molar-refractivity contribution in [3.63, 3.8) is 0 Å². The zero-order valence-electron chi connectivity index (χ0n) is 11.2. The number of likely N-dealkylation sites (tertiary alicyclic amines) is 1. The minimum Gasteiger partial charge on any atom is -0.343 e. The second-order valence-corrected chi connectivity index (χ2v) is 5.65. The first kappa shape index (κ1) is 12.9. The number of hydrogen-bond acceptors (Lipinski definition) is 2. The molecule has 2 atom stereocenters. The molecule has 3 heteroatoms. The van der Waals surface area contributed by atoms with Crippen LogP contribution in [-0.4, -0.2) is 36.0 Å². The minimum absolute atomic E-state index is 0.232. The Morgan fingerprint density at radius 2 is 1.94 bits per heavy atom. The molecule has 1 heterocycles. The van der Waals surface area contributed by atoms with E-state index in [9.17, 15) is 4.79 Å². The van der Waals surface area contributed by atoms with Crippen molar-refractivity contribution in [3.8, 4) is 0 Å². The number of carbonyl (C=O) groups excluding carboxylic acids is 1. The van der Waals surface area contributed by atoms with Gasteiger partial charge in [-0.25, -0.2) is 0 Å². The van der Waals surface area contributed by atoms with Crippen LogP contribution in [0.4, 0.5) is 0 Å². The van der Waals surface area contributed by atoms with Crippen molar-refractivity contribution >= 4 is 5.91 Å². The highest BCUT2D eigenvalue weighted by Crippen LogP contribution is 2.29. The summed E-state index contributed by atoms with van der Waals surface area (Å²) in [5.41, 5.74) is 0. The van der Waals surface area contributed by atoms with Crippen LogP contribution in [0.5, 0.6) is 0 Å². The van der Waals surface area contributed by atoms with Gasteiger partial charge in [0.1, 0.15) is 0 Å². The highest BCUT2D eigenvalue weighted by molar-refractivity contribution is 5.73. The molecule has 1 aliphatic heterocycles. The van der Waals surface area contributed by atoms with Crippen molar-refractivity contribution in [1.82, 2.24) is 10.2 Å². The average Bonchev–Trinajstić information content (AvgIpc) is 2.77. The van der Waals surface area contributed by atoms with Crippen molar-refractivity contribution < 1.29 is 4.79 Å². The highest BCUT2D eigenvalue weighted by Gasteiger charge is 2.29. The number of amides is 1. The van der Waals surface area contributed by atoms with Gasteiger partial charge < -0.3 is 10.2 Å². The van der Waals surface area contributed by atoms with E-state index >= 15 is 0 Å². The number of rotatable bonds is 3. The Labute approximate surface area is 105 Å². The van der Waals surface area contributed by atoms with Crippen LogP contribution in [0.25, 0.3) is 0 Å². The third kappa shape index (κ3) is 3.21. The smallest absolute Gasteiger partial charge is 0.219 e. The molecule has 2 unspecified atom stereocenters. The van der Waals surface area contributed by atoms with Crippen molar-refractivity contribution in [2.75, 3.05) is 13.1 Å². The van der Waals surface area contributed by atoms with Crippen LogP contribution in [0.3, 0.4) is 0 Å². The third-order valence-corrected chi connectivity index (χ3v) is 4.57. The van der Waals surface area contributed by atoms with E-state index in [-0.39, 0.29) is 5.91 Å². The standard InChI is InChI=1S/C14H26N2O/c1-3-12-5-4-6-14(12)15-13-7-9-16(10-8-13)11(2)17/h12-15H,3-10H2,1-2H3. The summed E-state index contributed by atoms with van der Waals surface area (Å²) in [4.78, 5) is 13.2. The van der Waals surface area contributed by atoms with E-state index in [1.165, 1.54) is 25.7 Å². The van der Waals surface area contributed by atoms with Gasteiger partial charge in [0.2, 0.25) is 5.91 Å². The monoisotopic (exact) mass is 238 g/mol. The SMILES string of the molecule is CCC1CCCC1NC1CCN(C(C)=O)CC1. The molecule has 0 radical (unpaired) electrons. The van der Waals surface area contributed by atoms with Gasteiger partial charge in [-0.05, 0) is 31.6 Å². The first-order chi connectivity index (χ1) is 8.20. The molecule has 17 heavy (non-hydrogen) atoms.